The van der Waals surface area contributed by atoms with Gasteiger partial charge in [-0.1, -0.05) is 115 Å². The van der Waals surface area contributed by atoms with Crippen molar-refractivity contribution in [2.45, 2.75) is 19.3 Å². The van der Waals surface area contributed by atoms with E-state index in [9.17, 15) is 0 Å². The van der Waals surface area contributed by atoms with Crippen molar-refractivity contribution in [2.24, 2.45) is 0 Å². The molecule has 0 fully saturated rings. The molecule has 2 aliphatic rings. The minimum absolute atomic E-state index is 0.320. The lowest BCUT2D eigenvalue weighted by Gasteiger charge is -2.21. The van der Waals surface area contributed by atoms with Crippen molar-refractivity contribution in [3.05, 3.63) is 148 Å². The third-order valence-corrected chi connectivity index (χ3v) is 6.76. The summed E-state index contributed by atoms with van der Waals surface area (Å²) in [6.07, 6.45) is 3.33. The first-order valence-corrected chi connectivity index (χ1v) is 11.0. The SMILES string of the molecule is CC1=Cc2ccccc2C1c1ccccc1C1=C(c2ccccc2)c2ccccc2C1. The molecule has 0 saturated heterocycles. The van der Waals surface area contributed by atoms with Crippen LogP contribution in [0.4, 0.5) is 0 Å². The molecule has 0 bridgehead atoms. The average Bonchev–Trinajstić information content (AvgIpc) is 3.36. The molecule has 0 aromatic heterocycles. The minimum Gasteiger partial charge on any atom is -0.0622 e. The van der Waals surface area contributed by atoms with Crippen molar-refractivity contribution in [1.82, 2.24) is 0 Å². The van der Waals surface area contributed by atoms with Gasteiger partial charge in [-0.2, -0.15) is 0 Å². The van der Waals surface area contributed by atoms with Gasteiger partial charge in [0.1, 0.15) is 0 Å². The zero-order chi connectivity index (χ0) is 20.8. The van der Waals surface area contributed by atoms with Crippen LogP contribution in [-0.2, 0) is 6.42 Å². The maximum atomic E-state index is 2.35. The van der Waals surface area contributed by atoms with Gasteiger partial charge in [-0.25, -0.2) is 0 Å². The monoisotopic (exact) mass is 396 g/mol. The summed E-state index contributed by atoms with van der Waals surface area (Å²) in [5.74, 6) is 0.320. The van der Waals surface area contributed by atoms with Crippen LogP contribution in [0.25, 0.3) is 17.2 Å². The van der Waals surface area contributed by atoms with Crippen molar-refractivity contribution in [3.8, 4) is 0 Å². The molecule has 0 radical (unpaired) electrons. The summed E-state index contributed by atoms with van der Waals surface area (Å²) < 4.78 is 0. The Morgan fingerprint density at radius 1 is 0.613 bits per heavy atom. The van der Waals surface area contributed by atoms with E-state index >= 15 is 0 Å². The molecule has 4 aromatic rings. The Kier molecular flexibility index (Phi) is 4.25. The van der Waals surface area contributed by atoms with Gasteiger partial charge in [0.2, 0.25) is 0 Å². The molecule has 0 amide bonds. The topological polar surface area (TPSA) is 0 Å². The van der Waals surface area contributed by atoms with Crippen LogP contribution < -0.4 is 0 Å². The molecule has 2 aliphatic carbocycles. The van der Waals surface area contributed by atoms with Crippen LogP contribution in [0.5, 0.6) is 0 Å². The van der Waals surface area contributed by atoms with Gasteiger partial charge in [0.05, 0.1) is 0 Å². The molecule has 0 N–H and O–H groups in total. The van der Waals surface area contributed by atoms with Gasteiger partial charge in [-0.15, -0.1) is 0 Å². The van der Waals surface area contributed by atoms with E-state index in [2.05, 4.69) is 116 Å². The lowest BCUT2D eigenvalue weighted by atomic mass is 9.82. The molecule has 1 atom stereocenters. The zero-order valence-electron chi connectivity index (χ0n) is 17.7. The first kappa shape index (κ1) is 18.2. The fourth-order valence-corrected chi connectivity index (χ4v) is 5.44. The second kappa shape index (κ2) is 7.25. The fourth-order valence-electron chi connectivity index (χ4n) is 5.44. The highest BCUT2D eigenvalue weighted by Crippen LogP contribution is 2.47. The summed E-state index contributed by atoms with van der Waals surface area (Å²) in [4.78, 5) is 0. The number of fused-ring (bicyclic) bond motifs is 2. The van der Waals surface area contributed by atoms with Gasteiger partial charge in [0.15, 0.2) is 0 Å². The number of benzene rings is 4. The largest absolute Gasteiger partial charge is 0.0622 e. The molecule has 0 heteroatoms. The third-order valence-electron chi connectivity index (χ3n) is 6.76. The number of hydrogen-bond donors (Lipinski definition) is 0. The van der Waals surface area contributed by atoms with Crippen molar-refractivity contribution < 1.29 is 0 Å². The summed E-state index contributed by atoms with van der Waals surface area (Å²) >= 11 is 0. The standard InChI is InChI=1S/C31H24/c1-21-19-23-13-5-7-15-25(23)30(21)28-18-10-9-17-27(28)29-20-24-14-6-8-16-26(24)31(29)22-11-3-2-4-12-22/h2-19,30H,20H2,1H3. The van der Waals surface area contributed by atoms with E-state index in [0.29, 0.717) is 5.92 Å². The van der Waals surface area contributed by atoms with Crippen LogP contribution in [0.2, 0.25) is 0 Å². The maximum absolute atomic E-state index is 2.35. The minimum atomic E-state index is 0.320. The molecule has 0 spiro atoms. The van der Waals surface area contributed by atoms with E-state index in [1.165, 1.54) is 55.7 Å². The number of rotatable bonds is 3. The number of allylic oxidation sites excluding steroid dienone is 2. The van der Waals surface area contributed by atoms with Gasteiger partial charge >= 0.3 is 0 Å². The predicted octanol–water partition coefficient (Wildman–Crippen LogP) is 7.75. The van der Waals surface area contributed by atoms with E-state index < -0.39 is 0 Å². The molecule has 148 valence electrons. The van der Waals surface area contributed by atoms with Crippen LogP contribution >= 0.6 is 0 Å². The Morgan fingerprint density at radius 3 is 2.10 bits per heavy atom. The first-order chi connectivity index (χ1) is 15.3. The molecular formula is C31H24. The second-order valence-electron chi connectivity index (χ2n) is 8.59. The normalized spacial score (nSPS) is 16.8. The van der Waals surface area contributed by atoms with Gasteiger partial charge in [-0.05, 0) is 63.4 Å². The highest BCUT2D eigenvalue weighted by molar-refractivity contribution is 6.04. The fraction of sp³-hybridized carbons (Fsp3) is 0.0968. The highest BCUT2D eigenvalue weighted by Gasteiger charge is 2.30. The smallest absolute Gasteiger partial charge is 0.0311 e. The Bertz CT molecular complexity index is 1350. The Balaban J connectivity index is 1.59. The van der Waals surface area contributed by atoms with Crippen LogP contribution in [0.15, 0.2) is 109 Å². The van der Waals surface area contributed by atoms with Crippen molar-refractivity contribution in [3.63, 3.8) is 0 Å². The Labute approximate surface area is 184 Å². The van der Waals surface area contributed by atoms with Crippen LogP contribution in [-0.4, -0.2) is 0 Å². The summed E-state index contributed by atoms with van der Waals surface area (Å²) in [7, 11) is 0. The van der Waals surface area contributed by atoms with Crippen molar-refractivity contribution in [2.75, 3.05) is 0 Å². The summed E-state index contributed by atoms with van der Waals surface area (Å²) in [5.41, 5.74) is 13.9. The lowest BCUT2D eigenvalue weighted by molar-refractivity contribution is 0.969. The quantitative estimate of drug-likeness (QED) is 0.332. The molecule has 0 nitrogen and oxygen atoms in total. The predicted molar refractivity (Wildman–Crippen MR) is 131 cm³/mol. The van der Waals surface area contributed by atoms with Gasteiger partial charge in [0.25, 0.3) is 0 Å². The van der Waals surface area contributed by atoms with Crippen LogP contribution in [0.3, 0.4) is 0 Å². The van der Waals surface area contributed by atoms with Crippen LogP contribution in [0, 0.1) is 0 Å². The molecule has 0 aliphatic heterocycles. The molecule has 1 unspecified atom stereocenters. The van der Waals surface area contributed by atoms with Gasteiger partial charge in [-0.3, -0.25) is 0 Å². The zero-order valence-corrected chi connectivity index (χ0v) is 17.7. The molecule has 6 rings (SSSR count). The van der Waals surface area contributed by atoms with Crippen molar-refractivity contribution in [1.29, 1.82) is 0 Å². The molecular weight excluding hydrogens is 372 g/mol. The third kappa shape index (κ3) is 2.91. The van der Waals surface area contributed by atoms with Gasteiger partial charge < -0.3 is 0 Å². The Morgan fingerprint density at radius 2 is 1.26 bits per heavy atom. The Hall–Kier alpha value is -3.64. The summed E-state index contributed by atoms with van der Waals surface area (Å²) in [6.45, 7) is 2.28. The summed E-state index contributed by atoms with van der Waals surface area (Å²) in [5, 5.41) is 0. The van der Waals surface area contributed by atoms with E-state index in [-0.39, 0.29) is 0 Å². The lowest BCUT2D eigenvalue weighted by Crippen LogP contribution is -2.04. The first-order valence-electron chi connectivity index (χ1n) is 11.0. The highest BCUT2D eigenvalue weighted by atomic mass is 14.3. The van der Waals surface area contributed by atoms with E-state index in [0.717, 1.165) is 6.42 Å². The van der Waals surface area contributed by atoms with E-state index in [4.69, 9.17) is 0 Å². The second-order valence-corrected chi connectivity index (χ2v) is 8.59. The van der Waals surface area contributed by atoms with E-state index in [1.54, 1.807) is 0 Å². The summed E-state index contributed by atoms with van der Waals surface area (Å²) in [6, 6.07) is 37.7. The molecule has 0 heterocycles. The van der Waals surface area contributed by atoms with Crippen LogP contribution in [0.1, 0.15) is 51.8 Å². The van der Waals surface area contributed by atoms with E-state index in [1.807, 2.05) is 0 Å². The molecule has 4 aromatic carbocycles. The van der Waals surface area contributed by atoms with Crippen molar-refractivity contribution >= 4 is 17.2 Å². The molecule has 31 heavy (non-hydrogen) atoms. The average molecular weight is 397 g/mol. The molecule has 0 saturated carbocycles. The number of hydrogen-bond acceptors (Lipinski definition) is 0. The van der Waals surface area contributed by atoms with Gasteiger partial charge in [0, 0.05) is 5.92 Å². The maximum Gasteiger partial charge on any atom is 0.0311 e.